The average Bonchev–Trinajstić information content (AvgIpc) is 2.76. The van der Waals surface area contributed by atoms with E-state index in [1.807, 2.05) is 6.07 Å². The number of thiazole rings is 1. The van der Waals surface area contributed by atoms with Gasteiger partial charge in [0.05, 0.1) is 16.8 Å². The van der Waals surface area contributed by atoms with E-state index >= 15 is 0 Å². The summed E-state index contributed by atoms with van der Waals surface area (Å²) in [5.74, 6) is 0.637. The molecule has 0 saturated carbocycles. The number of benzene rings is 1. The highest BCUT2D eigenvalue weighted by Crippen LogP contribution is 2.26. The molecule has 3 rings (SSSR count). The van der Waals surface area contributed by atoms with Crippen LogP contribution in [0.3, 0.4) is 0 Å². The molecule has 2 nitrogen and oxygen atoms in total. The molecule has 0 amide bonds. The van der Waals surface area contributed by atoms with Crippen LogP contribution in [0.25, 0.3) is 10.2 Å². The normalized spacial score (nSPS) is 25.7. The molecule has 4 heteroatoms. The summed E-state index contributed by atoms with van der Waals surface area (Å²) in [6.45, 7) is 5.31. The molecule has 0 aliphatic carbocycles. The predicted molar refractivity (Wildman–Crippen MR) is 78.3 cm³/mol. The lowest BCUT2D eigenvalue weighted by atomic mass is 9.99. The second kappa shape index (κ2) is 5.16. The molecule has 0 bridgehead atoms. The molecule has 2 aromatic rings. The molecule has 96 valence electrons. The summed E-state index contributed by atoms with van der Waals surface area (Å²) in [5.41, 5.74) is 1.12. The number of fused-ring (bicyclic) bond motifs is 1. The van der Waals surface area contributed by atoms with Gasteiger partial charge in [0.2, 0.25) is 0 Å². The molecular weight excluding hydrogens is 264 g/mol. The Bertz CT molecular complexity index is 506. The average molecular weight is 281 g/mol. The van der Waals surface area contributed by atoms with E-state index in [9.17, 15) is 0 Å². The van der Waals surface area contributed by atoms with Gasteiger partial charge in [0.15, 0.2) is 0 Å². The first kappa shape index (κ1) is 12.4. The number of likely N-dealkylation sites (tertiary alicyclic amines) is 1. The monoisotopic (exact) mass is 280 g/mol. The first-order chi connectivity index (χ1) is 8.72. The summed E-state index contributed by atoms with van der Waals surface area (Å²) in [5, 5.41) is 1.49. The summed E-state index contributed by atoms with van der Waals surface area (Å²) in [6.07, 6.45) is 1.19. The minimum absolute atomic E-state index is 0.285. The molecule has 2 atom stereocenters. The summed E-state index contributed by atoms with van der Waals surface area (Å²) >= 11 is 8.15. The smallest absolute Gasteiger partial charge is 0.108 e. The molecule has 1 aliphatic rings. The molecule has 1 aromatic carbocycles. The van der Waals surface area contributed by atoms with Crippen LogP contribution in [0.5, 0.6) is 0 Å². The van der Waals surface area contributed by atoms with Crippen LogP contribution in [-0.4, -0.2) is 28.4 Å². The Morgan fingerprint density at radius 1 is 1.44 bits per heavy atom. The lowest BCUT2D eigenvalue weighted by molar-refractivity contribution is 0.189. The van der Waals surface area contributed by atoms with Gasteiger partial charge in [-0.05, 0) is 31.0 Å². The molecule has 0 radical (unpaired) electrons. The summed E-state index contributed by atoms with van der Waals surface area (Å²) in [7, 11) is 0. The molecule has 2 unspecified atom stereocenters. The Hall–Kier alpha value is -0.640. The second-order valence-electron chi connectivity index (χ2n) is 5.09. The highest BCUT2D eigenvalue weighted by Gasteiger charge is 2.24. The Balaban J connectivity index is 1.72. The van der Waals surface area contributed by atoms with Crippen molar-refractivity contribution in [1.29, 1.82) is 0 Å². The van der Waals surface area contributed by atoms with Crippen molar-refractivity contribution >= 4 is 33.2 Å². The van der Waals surface area contributed by atoms with Crippen LogP contribution < -0.4 is 0 Å². The molecule has 1 aliphatic heterocycles. The number of alkyl halides is 1. The van der Waals surface area contributed by atoms with E-state index in [4.69, 9.17) is 11.6 Å². The molecule has 18 heavy (non-hydrogen) atoms. The lowest BCUT2D eigenvalue weighted by Crippen LogP contribution is -2.39. The van der Waals surface area contributed by atoms with Crippen LogP contribution in [0.4, 0.5) is 0 Å². The number of hydrogen-bond donors (Lipinski definition) is 0. The van der Waals surface area contributed by atoms with Crippen LogP contribution in [-0.2, 0) is 6.54 Å². The van der Waals surface area contributed by atoms with E-state index in [-0.39, 0.29) is 5.38 Å². The van der Waals surface area contributed by atoms with Gasteiger partial charge in [-0.25, -0.2) is 4.98 Å². The Morgan fingerprint density at radius 2 is 2.28 bits per heavy atom. The number of para-hydroxylation sites is 1. The zero-order valence-electron chi connectivity index (χ0n) is 10.5. The van der Waals surface area contributed by atoms with Crippen molar-refractivity contribution in [2.75, 3.05) is 13.1 Å². The molecule has 1 fully saturated rings. The third kappa shape index (κ3) is 2.53. The zero-order valence-corrected chi connectivity index (χ0v) is 12.0. The fourth-order valence-corrected chi connectivity index (χ4v) is 3.74. The topological polar surface area (TPSA) is 16.1 Å². The summed E-state index contributed by atoms with van der Waals surface area (Å²) in [4.78, 5) is 7.11. The Kier molecular flexibility index (Phi) is 3.55. The standard InChI is InChI=1S/C14H17ClN2S/c1-10-6-7-17(8-11(10)15)9-14-16-12-4-2-3-5-13(12)18-14/h2-5,10-11H,6-9H2,1H3. The molecular formula is C14H17ClN2S. The highest BCUT2D eigenvalue weighted by molar-refractivity contribution is 7.18. The molecule has 0 N–H and O–H groups in total. The number of hydrogen-bond acceptors (Lipinski definition) is 3. The molecule has 1 aromatic heterocycles. The summed E-state index contributed by atoms with van der Waals surface area (Å²) < 4.78 is 1.28. The van der Waals surface area contributed by atoms with Crippen LogP contribution in [0.15, 0.2) is 24.3 Å². The number of piperidine rings is 1. The quantitative estimate of drug-likeness (QED) is 0.779. The van der Waals surface area contributed by atoms with Gasteiger partial charge in [-0.15, -0.1) is 22.9 Å². The van der Waals surface area contributed by atoms with E-state index in [1.165, 1.54) is 16.1 Å². The maximum atomic E-state index is 6.35. The fraction of sp³-hybridized carbons (Fsp3) is 0.500. The van der Waals surface area contributed by atoms with Gasteiger partial charge >= 0.3 is 0 Å². The molecule has 0 spiro atoms. The number of nitrogens with zero attached hydrogens (tertiary/aromatic N) is 2. The number of halogens is 1. The minimum atomic E-state index is 0.285. The van der Waals surface area contributed by atoms with Gasteiger partial charge in [-0.1, -0.05) is 19.1 Å². The van der Waals surface area contributed by atoms with Crippen LogP contribution in [0.2, 0.25) is 0 Å². The lowest BCUT2D eigenvalue weighted by Gasteiger charge is -2.33. The van der Waals surface area contributed by atoms with Crippen molar-refractivity contribution in [1.82, 2.24) is 9.88 Å². The third-order valence-corrected chi connectivity index (χ3v) is 5.24. The minimum Gasteiger partial charge on any atom is -0.295 e. The van der Waals surface area contributed by atoms with Crippen LogP contribution in [0.1, 0.15) is 18.4 Å². The Morgan fingerprint density at radius 3 is 3.06 bits per heavy atom. The van der Waals surface area contributed by atoms with Gasteiger partial charge in [0.1, 0.15) is 5.01 Å². The van der Waals surface area contributed by atoms with E-state index in [1.54, 1.807) is 11.3 Å². The van der Waals surface area contributed by atoms with Crippen molar-refractivity contribution in [2.45, 2.75) is 25.3 Å². The molecule has 2 heterocycles. The fourth-order valence-electron chi connectivity index (χ4n) is 2.41. The predicted octanol–water partition coefficient (Wildman–Crippen LogP) is 3.75. The second-order valence-corrected chi connectivity index (χ2v) is 6.77. The van der Waals surface area contributed by atoms with Crippen molar-refractivity contribution in [3.8, 4) is 0 Å². The van der Waals surface area contributed by atoms with Gasteiger partial charge < -0.3 is 0 Å². The number of rotatable bonds is 2. The van der Waals surface area contributed by atoms with Crippen LogP contribution >= 0.6 is 22.9 Å². The van der Waals surface area contributed by atoms with E-state index in [2.05, 4.69) is 35.0 Å². The Labute approximate surface area is 117 Å². The largest absolute Gasteiger partial charge is 0.295 e. The highest BCUT2D eigenvalue weighted by atomic mass is 35.5. The third-order valence-electron chi connectivity index (χ3n) is 3.65. The van der Waals surface area contributed by atoms with Gasteiger partial charge in [0.25, 0.3) is 0 Å². The summed E-state index contributed by atoms with van der Waals surface area (Å²) in [6, 6.07) is 8.34. The van der Waals surface area contributed by atoms with E-state index < -0.39 is 0 Å². The van der Waals surface area contributed by atoms with Crippen molar-refractivity contribution in [3.05, 3.63) is 29.3 Å². The van der Waals surface area contributed by atoms with E-state index in [0.717, 1.165) is 25.2 Å². The first-order valence-corrected chi connectivity index (χ1v) is 7.68. The van der Waals surface area contributed by atoms with Crippen molar-refractivity contribution in [2.24, 2.45) is 5.92 Å². The van der Waals surface area contributed by atoms with Gasteiger partial charge in [-0.2, -0.15) is 0 Å². The SMILES string of the molecule is CC1CCN(Cc2nc3ccccc3s2)CC1Cl. The maximum Gasteiger partial charge on any atom is 0.108 e. The van der Waals surface area contributed by atoms with Gasteiger partial charge in [0, 0.05) is 11.9 Å². The number of aromatic nitrogens is 1. The van der Waals surface area contributed by atoms with Gasteiger partial charge in [-0.3, -0.25) is 4.90 Å². The zero-order chi connectivity index (χ0) is 12.5. The van der Waals surface area contributed by atoms with E-state index in [0.29, 0.717) is 5.92 Å². The molecule has 1 saturated heterocycles. The van der Waals surface area contributed by atoms with Crippen LogP contribution in [0, 0.1) is 5.92 Å². The first-order valence-electron chi connectivity index (χ1n) is 6.43. The van der Waals surface area contributed by atoms with Crippen molar-refractivity contribution < 1.29 is 0 Å². The van der Waals surface area contributed by atoms with Crippen molar-refractivity contribution in [3.63, 3.8) is 0 Å². The maximum absolute atomic E-state index is 6.35.